The highest BCUT2D eigenvalue weighted by Crippen LogP contribution is 2.20. The minimum Gasteiger partial charge on any atom is -0.327 e. The molecule has 0 unspecified atom stereocenters. The number of imidazole rings is 1. The first-order valence-electron chi connectivity index (χ1n) is 6.60. The number of aryl methyl sites for hydroxylation is 4. The Morgan fingerprint density at radius 3 is 2.80 bits per heavy atom. The lowest BCUT2D eigenvalue weighted by molar-refractivity contribution is 0.685. The second kappa shape index (κ2) is 5.54. The maximum Gasteiger partial charge on any atom is 0.124 e. The monoisotopic (exact) mass is 305 g/mol. The fraction of sp³-hybridized carbons (Fsp3) is 0.333. The van der Waals surface area contributed by atoms with Crippen molar-refractivity contribution >= 4 is 34.0 Å². The zero-order valence-electron chi connectivity index (χ0n) is 11.6. The Morgan fingerprint density at radius 2 is 2.10 bits per heavy atom. The molecule has 2 heterocycles. The second-order valence-corrected chi connectivity index (χ2v) is 6.15. The van der Waals surface area contributed by atoms with E-state index in [9.17, 15) is 0 Å². The number of benzene rings is 1. The number of hydrogen-bond acceptors (Lipinski definition) is 3. The molecule has 3 rings (SSSR count). The van der Waals surface area contributed by atoms with Gasteiger partial charge in [0.25, 0.3) is 0 Å². The minimum absolute atomic E-state index is 0.435. The van der Waals surface area contributed by atoms with Gasteiger partial charge in [0, 0.05) is 24.0 Å². The first kappa shape index (κ1) is 13.6. The third-order valence-electron chi connectivity index (χ3n) is 3.32. The molecule has 0 spiro atoms. The molecule has 0 amide bonds. The maximum atomic E-state index is 6.03. The average molecular weight is 306 g/mol. The Morgan fingerprint density at radius 1 is 1.25 bits per heavy atom. The Balaban J connectivity index is 1.94. The van der Waals surface area contributed by atoms with E-state index in [2.05, 4.69) is 45.0 Å². The van der Waals surface area contributed by atoms with Crippen molar-refractivity contribution in [1.82, 2.24) is 14.5 Å². The van der Waals surface area contributed by atoms with Crippen molar-refractivity contribution in [1.29, 1.82) is 0 Å². The summed E-state index contributed by atoms with van der Waals surface area (Å²) in [5, 5.41) is 3.26. The predicted octanol–water partition coefficient (Wildman–Crippen LogP) is 4.09. The molecule has 3 nitrogen and oxygen atoms in total. The van der Waals surface area contributed by atoms with Crippen molar-refractivity contribution in [2.75, 3.05) is 0 Å². The molecule has 0 aliphatic carbocycles. The standard InChI is InChI=1S/C15H16ClN3S/c1-10-3-4-12-13(7-10)19(14(8-16)18-12)6-5-15-17-11(2)9-20-15/h3-4,7,9H,5-6,8H2,1-2H3. The Kier molecular flexibility index (Phi) is 3.76. The molecule has 20 heavy (non-hydrogen) atoms. The van der Waals surface area contributed by atoms with Crippen LogP contribution in [0.4, 0.5) is 0 Å². The van der Waals surface area contributed by atoms with E-state index in [0.717, 1.165) is 40.5 Å². The number of hydrogen-bond donors (Lipinski definition) is 0. The van der Waals surface area contributed by atoms with Gasteiger partial charge in [-0.05, 0) is 31.5 Å². The molecule has 0 N–H and O–H groups in total. The van der Waals surface area contributed by atoms with E-state index in [4.69, 9.17) is 11.6 Å². The van der Waals surface area contributed by atoms with E-state index < -0.39 is 0 Å². The zero-order valence-corrected chi connectivity index (χ0v) is 13.1. The molecule has 0 radical (unpaired) electrons. The molecule has 0 saturated heterocycles. The van der Waals surface area contributed by atoms with Gasteiger partial charge in [0.05, 0.1) is 21.9 Å². The molecule has 5 heteroatoms. The molecule has 0 fully saturated rings. The van der Waals surface area contributed by atoms with Gasteiger partial charge in [-0.15, -0.1) is 22.9 Å². The molecule has 0 aliphatic rings. The normalized spacial score (nSPS) is 11.3. The molecule has 1 aromatic carbocycles. The summed E-state index contributed by atoms with van der Waals surface area (Å²) in [7, 11) is 0. The summed E-state index contributed by atoms with van der Waals surface area (Å²) >= 11 is 7.75. The summed E-state index contributed by atoms with van der Waals surface area (Å²) in [5.41, 5.74) is 4.51. The molecule has 2 aromatic heterocycles. The number of halogens is 1. The fourth-order valence-electron chi connectivity index (χ4n) is 2.36. The van der Waals surface area contributed by atoms with Crippen LogP contribution in [0.5, 0.6) is 0 Å². The van der Waals surface area contributed by atoms with Crippen LogP contribution in [0.25, 0.3) is 11.0 Å². The van der Waals surface area contributed by atoms with E-state index in [1.807, 2.05) is 6.92 Å². The van der Waals surface area contributed by atoms with E-state index in [1.54, 1.807) is 11.3 Å². The highest BCUT2D eigenvalue weighted by atomic mass is 35.5. The number of aromatic nitrogens is 3. The number of alkyl halides is 1. The summed E-state index contributed by atoms with van der Waals surface area (Å²) in [6.07, 6.45) is 0.918. The first-order chi connectivity index (χ1) is 9.67. The van der Waals surface area contributed by atoms with Crippen LogP contribution < -0.4 is 0 Å². The fourth-order valence-corrected chi connectivity index (χ4v) is 3.33. The SMILES string of the molecule is Cc1ccc2nc(CCl)n(CCc3nc(C)cs3)c2c1. The second-order valence-electron chi connectivity index (χ2n) is 4.94. The quantitative estimate of drug-likeness (QED) is 0.680. The largest absolute Gasteiger partial charge is 0.327 e. The molecule has 0 bridgehead atoms. The predicted molar refractivity (Wildman–Crippen MR) is 84.6 cm³/mol. The van der Waals surface area contributed by atoms with Crippen molar-refractivity contribution < 1.29 is 0 Å². The van der Waals surface area contributed by atoms with Crippen molar-refractivity contribution in [3.63, 3.8) is 0 Å². The lowest BCUT2D eigenvalue weighted by atomic mass is 10.2. The first-order valence-corrected chi connectivity index (χ1v) is 8.01. The third kappa shape index (κ3) is 2.58. The van der Waals surface area contributed by atoms with Gasteiger partial charge in [0.1, 0.15) is 5.82 Å². The van der Waals surface area contributed by atoms with E-state index >= 15 is 0 Å². The molecule has 0 saturated carbocycles. The Bertz CT molecular complexity index is 745. The molecule has 3 aromatic rings. The molecular weight excluding hydrogens is 290 g/mol. The lowest BCUT2D eigenvalue weighted by Crippen LogP contribution is -2.05. The highest BCUT2D eigenvalue weighted by molar-refractivity contribution is 7.09. The summed E-state index contributed by atoms with van der Waals surface area (Å²) in [6.45, 7) is 5.00. The molecular formula is C15H16ClN3S. The zero-order chi connectivity index (χ0) is 14.1. The van der Waals surface area contributed by atoms with Crippen molar-refractivity contribution in [3.05, 3.63) is 45.7 Å². The summed E-state index contributed by atoms with van der Waals surface area (Å²) in [5.74, 6) is 1.37. The topological polar surface area (TPSA) is 30.7 Å². The van der Waals surface area contributed by atoms with Gasteiger partial charge in [0.15, 0.2) is 0 Å². The van der Waals surface area contributed by atoms with E-state index in [0.29, 0.717) is 5.88 Å². The van der Waals surface area contributed by atoms with Crippen molar-refractivity contribution in [2.24, 2.45) is 0 Å². The highest BCUT2D eigenvalue weighted by Gasteiger charge is 2.10. The average Bonchev–Trinajstić information content (AvgIpc) is 2.99. The van der Waals surface area contributed by atoms with Crippen LogP contribution in [-0.4, -0.2) is 14.5 Å². The lowest BCUT2D eigenvalue weighted by Gasteiger charge is -2.06. The van der Waals surface area contributed by atoms with E-state index in [-0.39, 0.29) is 0 Å². The van der Waals surface area contributed by atoms with Gasteiger partial charge in [-0.2, -0.15) is 0 Å². The van der Waals surface area contributed by atoms with Crippen LogP contribution in [0.1, 0.15) is 22.1 Å². The number of rotatable bonds is 4. The number of nitrogens with zero attached hydrogens (tertiary/aromatic N) is 3. The molecule has 0 atom stereocenters. The van der Waals surface area contributed by atoms with Crippen molar-refractivity contribution in [2.45, 2.75) is 32.7 Å². The van der Waals surface area contributed by atoms with Crippen LogP contribution in [0, 0.1) is 13.8 Å². The van der Waals surface area contributed by atoms with Gasteiger partial charge in [-0.25, -0.2) is 9.97 Å². The number of fused-ring (bicyclic) bond motifs is 1. The van der Waals surface area contributed by atoms with Crippen LogP contribution in [0.2, 0.25) is 0 Å². The Labute approximate surface area is 127 Å². The van der Waals surface area contributed by atoms with Gasteiger partial charge < -0.3 is 4.57 Å². The van der Waals surface area contributed by atoms with Gasteiger partial charge in [0.2, 0.25) is 0 Å². The van der Waals surface area contributed by atoms with Crippen LogP contribution >= 0.6 is 22.9 Å². The maximum absolute atomic E-state index is 6.03. The van der Waals surface area contributed by atoms with Crippen LogP contribution in [0.3, 0.4) is 0 Å². The van der Waals surface area contributed by atoms with Crippen molar-refractivity contribution in [3.8, 4) is 0 Å². The smallest absolute Gasteiger partial charge is 0.124 e. The van der Waals surface area contributed by atoms with E-state index in [1.165, 1.54) is 5.56 Å². The van der Waals surface area contributed by atoms with Gasteiger partial charge in [-0.3, -0.25) is 0 Å². The van der Waals surface area contributed by atoms with Gasteiger partial charge >= 0.3 is 0 Å². The molecule has 104 valence electrons. The van der Waals surface area contributed by atoms with Gasteiger partial charge in [-0.1, -0.05) is 6.07 Å². The van der Waals surface area contributed by atoms with Crippen LogP contribution in [0.15, 0.2) is 23.6 Å². The summed E-state index contributed by atoms with van der Waals surface area (Å²) in [4.78, 5) is 9.12. The van der Waals surface area contributed by atoms with Crippen LogP contribution in [-0.2, 0) is 18.8 Å². The molecule has 0 aliphatic heterocycles. The third-order valence-corrected chi connectivity index (χ3v) is 4.58. The Hall–Kier alpha value is -1.39. The number of thiazole rings is 1. The minimum atomic E-state index is 0.435. The summed E-state index contributed by atoms with van der Waals surface area (Å²) < 4.78 is 2.21. The summed E-state index contributed by atoms with van der Waals surface area (Å²) in [6, 6.07) is 6.32.